The molecule has 144 valence electrons. The molecule has 1 saturated carbocycles. The van der Waals surface area contributed by atoms with Gasteiger partial charge in [-0.25, -0.2) is 0 Å². The summed E-state index contributed by atoms with van der Waals surface area (Å²) in [5.74, 6) is -0.737. The van der Waals surface area contributed by atoms with E-state index in [0.29, 0.717) is 19.1 Å². The number of ether oxygens (including phenoxy) is 1. The van der Waals surface area contributed by atoms with Crippen molar-refractivity contribution >= 4 is 22.7 Å². The Kier molecular flexibility index (Phi) is 3.33. The number of hydrogen-bond donors (Lipinski definition) is 2. The molecule has 28 heavy (non-hydrogen) atoms. The number of rotatable bonds is 5. The monoisotopic (exact) mass is 377 g/mol. The van der Waals surface area contributed by atoms with Gasteiger partial charge in [0.15, 0.2) is 0 Å². The van der Waals surface area contributed by atoms with Crippen LogP contribution in [0.4, 0.5) is 0 Å². The number of nitrogens with zero attached hydrogens (tertiary/aromatic N) is 1. The van der Waals surface area contributed by atoms with Crippen molar-refractivity contribution < 1.29 is 14.3 Å². The third-order valence-electron chi connectivity index (χ3n) is 6.73. The molecule has 4 aliphatic rings. The number of nitrogens with one attached hydrogen (secondary N) is 2. The molecule has 2 saturated heterocycles. The molecule has 1 aliphatic carbocycles. The van der Waals surface area contributed by atoms with Crippen LogP contribution in [0.1, 0.15) is 18.4 Å². The normalized spacial score (nSPS) is 33.1. The Morgan fingerprint density at radius 1 is 1.32 bits per heavy atom. The summed E-state index contributed by atoms with van der Waals surface area (Å²) < 4.78 is 6.19. The molecular formula is C22H23N3O3. The molecule has 2 amide bonds. The minimum atomic E-state index is -0.618. The van der Waals surface area contributed by atoms with Crippen LogP contribution in [0.25, 0.3) is 10.9 Å². The van der Waals surface area contributed by atoms with Gasteiger partial charge in [-0.1, -0.05) is 30.4 Å². The third-order valence-corrected chi connectivity index (χ3v) is 6.73. The number of benzene rings is 1. The van der Waals surface area contributed by atoms with Gasteiger partial charge in [0, 0.05) is 29.7 Å². The average Bonchev–Trinajstić information content (AvgIpc) is 3.06. The first-order valence-electron chi connectivity index (χ1n) is 10.2. The highest BCUT2D eigenvalue weighted by molar-refractivity contribution is 5.93. The smallest absolute Gasteiger partial charge is 0.230 e. The van der Waals surface area contributed by atoms with Crippen molar-refractivity contribution in [1.29, 1.82) is 0 Å². The summed E-state index contributed by atoms with van der Waals surface area (Å²) in [7, 11) is 0. The number of H-pyrrole nitrogens is 1. The molecule has 3 unspecified atom stereocenters. The molecule has 1 aromatic heterocycles. The minimum Gasteiger partial charge on any atom is -0.361 e. The van der Waals surface area contributed by atoms with Gasteiger partial charge in [-0.3, -0.25) is 9.59 Å². The first kappa shape index (κ1) is 16.4. The zero-order valence-corrected chi connectivity index (χ0v) is 15.6. The molecule has 6 nitrogen and oxygen atoms in total. The van der Waals surface area contributed by atoms with Gasteiger partial charge < -0.3 is 19.9 Å². The topological polar surface area (TPSA) is 74.4 Å². The summed E-state index contributed by atoms with van der Waals surface area (Å²) in [6.45, 7) is 1.18. The highest BCUT2D eigenvalue weighted by Crippen LogP contribution is 2.52. The van der Waals surface area contributed by atoms with Crippen LogP contribution in [0.2, 0.25) is 0 Å². The maximum Gasteiger partial charge on any atom is 0.230 e. The molecule has 6 heteroatoms. The fourth-order valence-electron chi connectivity index (χ4n) is 5.19. The maximum absolute atomic E-state index is 13.2. The van der Waals surface area contributed by atoms with Crippen LogP contribution in [0.3, 0.4) is 0 Å². The molecule has 2 bridgehead atoms. The van der Waals surface area contributed by atoms with Crippen LogP contribution >= 0.6 is 0 Å². The van der Waals surface area contributed by atoms with E-state index in [1.807, 2.05) is 35.4 Å². The molecule has 6 rings (SSSR count). The molecule has 4 atom stereocenters. The Morgan fingerprint density at radius 3 is 3.04 bits per heavy atom. The summed E-state index contributed by atoms with van der Waals surface area (Å²) in [6, 6.07) is 8.50. The van der Waals surface area contributed by atoms with E-state index in [9.17, 15) is 9.59 Å². The number of fused-ring (bicyclic) bond motifs is 2. The van der Waals surface area contributed by atoms with E-state index in [-0.39, 0.29) is 23.8 Å². The largest absolute Gasteiger partial charge is 0.361 e. The molecule has 3 aliphatic heterocycles. The second-order valence-electron chi connectivity index (χ2n) is 8.55. The number of aromatic nitrogens is 1. The van der Waals surface area contributed by atoms with Gasteiger partial charge in [-0.2, -0.15) is 0 Å². The number of aromatic amines is 1. The summed E-state index contributed by atoms with van der Waals surface area (Å²) in [4.78, 5) is 31.2. The predicted octanol–water partition coefficient (Wildman–Crippen LogP) is 1.77. The lowest BCUT2D eigenvalue weighted by molar-refractivity contribution is -0.137. The van der Waals surface area contributed by atoms with Gasteiger partial charge >= 0.3 is 0 Å². The van der Waals surface area contributed by atoms with E-state index >= 15 is 0 Å². The molecule has 3 fully saturated rings. The van der Waals surface area contributed by atoms with E-state index in [1.165, 1.54) is 10.9 Å². The molecule has 1 aromatic carbocycles. The van der Waals surface area contributed by atoms with Crippen LogP contribution in [0.15, 0.2) is 42.6 Å². The molecule has 4 heterocycles. The molecule has 2 aromatic rings. The fourth-order valence-corrected chi connectivity index (χ4v) is 5.19. The predicted molar refractivity (Wildman–Crippen MR) is 103 cm³/mol. The van der Waals surface area contributed by atoms with Gasteiger partial charge in [0.2, 0.25) is 11.8 Å². The van der Waals surface area contributed by atoms with Crippen molar-refractivity contribution in [2.75, 3.05) is 13.1 Å². The van der Waals surface area contributed by atoms with E-state index in [2.05, 4.69) is 22.4 Å². The van der Waals surface area contributed by atoms with Gasteiger partial charge in [0.05, 0.1) is 24.5 Å². The highest BCUT2D eigenvalue weighted by Gasteiger charge is 2.66. The summed E-state index contributed by atoms with van der Waals surface area (Å²) in [6.07, 6.45) is 8.63. The van der Waals surface area contributed by atoms with Gasteiger partial charge in [0.25, 0.3) is 0 Å². The Morgan fingerprint density at radius 2 is 2.18 bits per heavy atom. The first-order chi connectivity index (χ1) is 13.6. The zero-order valence-electron chi connectivity index (χ0n) is 15.6. The second kappa shape index (κ2) is 5.70. The van der Waals surface area contributed by atoms with Crippen LogP contribution in [0.5, 0.6) is 0 Å². The lowest BCUT2D eigenvalue weighted by Gasteiger charge is -2.23. The van der Waals surface area contributed by atoms with Crippen LogP contribution in [-0.4, -0.2) is 52.5 Å². The van der Waals surface area contributed by atoms with Crippen LogP contribution in [0, 0.1) is 11.8 Å². The molecule has 1 spiro atoms. The summed E-state index contributed by atoms with van der Waals surface area (Å²) >= 11 is 0. The van der Waals surface area contributed by atoms with Crippen molar-refractivity contribution in [2.24, 2.45) is 11.8 Å². The molecule has 2 N–H and O–H groups in total. The number of amides is 2. The van der Waals surface area contributed by atoms with E-state index < -0.39 is 11.5 Å². The maximum atomic E-state index is 13.2. The Bertz CT molecular complexity index is 1010. The second-order valence-corrected chi connectivity index (χ2v) is 8.55. The van der Waals surface area contributed by atoms with Gasteiger partial charge in [-0.05, 0) is 30.9 Å². The van der Waals surface area contributed by atoms with Crippen molar-refractivity contribution in [2.45, 2.75) is 37.0 Å². The number of carbonyl (C=O) groups excluding carboxylic acids is 2. The SMILES string of the molecule is O=C(NC1CC1)C1C2C(=O)N(CCc3c[nH]c4ccccc34)CC23C=C[C@@H]1O3. The van der Waals surface area contributed by atoms with Crippen molar-refractivity contribution in [3.8, 4) is 0 Å². The van der Waals surface area contributed by atoms with Gasteiger partial charge in [0.1, 0.15) is 5.60 Å². The number of para-hydroxylation sites is 1. The number of hydrogen-bond acceptors (Lipinski definition) is 3. The average molecular weight is 377 g/mol. The lowest BCUT2D eigenvalue weighted by Crippen LogP contribution is -2.44. The van der Waals surface area contributed by atoms with Crippen LogP contribution in [-0.2, 0) is 20.7 Å². The molecular weight excluding hydrogens is 354 g/mol. The van der Waals surface area contributed by atoms with Crippen molar-refractivity contribution in [3.63, 3.8) is 0 Å². The minimum absolute atomic E-state index is 0.0180. The Hall–Kier alpha value is -2.60. The van der Waals surface area contributed by atoms with Crippen molar-refractivity contribution in [3.05, 3.63) is 48.2 Å². The zero-order chi connectivity index (χ0) is 18.9. The van der Waals surface area contributed by atoms with Crippen molar-refractivity contribution in [1.82, 2.24) is 15.2 Å². The third kappa shape index (κ3) is 2.30. The van der Waals surface area contributed by atoms with Gasteiger partial charge in [-0.15, -0.1) is 0 Å². The number of likely N-dealkylation sites (tertiary alicyclic amines) is 1. The summed E-state index contributed by atoms with van der Waals surface area (Å²) in [5.41, 5.74) is 1.71. The first-order valence-corrected chi connectivity index (χ1v) is 10.2. The summed E-state index contributed by atoms with van der Waals surface area (Å²) in [5, 5.41) is 4.27. The van der Waals surface area contributed by atoms with E-state index in [1.54, 1.807) is 0 Å². The standard InChI is InChI=1S/C22H23N3O3/c26-20(24-14-5-6-14)18-17-7-9-22(28-17)12-25(21(27)19(18)22)10-8-13-11-23-16-4-2-1-3-15(13)16/h1-4,7,9,11,14,17-19,23H,5-6,8,10,12H2,(H,24,26)/t17-,18?,19?,22?/m0/s1. The highest BCUT2D eigenvalue weighted by atomic mass is 16.5. The Balaban J connectivity index is 1.21. The molecule has 0 radical (unpaired) electrons. The van der Waals surface area contributed by atoms with Crippen LogP contribution < -0.4 is 5.32 Å². The van der Waals surface area contributed by atoms with E-state index in [4.69, 9.17) is 4.74 Å². The van der Waals surface area contributed by atoms with E-state index in [0.717, 1.165) is 24.8 Å². The lowest BCUT2D eigenvalue weighted by atomic mass is 9.77. The Labute approximate surface area is 162 Å². The quantitative estimate of drug-likeness (QED) is 0.780. The fraction of sp³-hybridized carbons (Fsp3) is 0.455. The number of carbonyl (C=O) groups is 2.